The molecule has 0 spiro atoms. The number of ether oxygens (including phenoxy) is 2. The van der Waals surface area contributed by atoms with Crippen LogP contribution in [0.25, 0.3) is 0 Å². The summed E-state index contributed by atoms with van der Waals surface area (Å²) in [6.45, 7) is 18.6. The number of carbonyl (C=O) groups excluding carboxylic acids is 2. The lowest BCUT2D eigenvalue weighted by Gasteiger charge is -2.34. The maximum absolute atomic E-state index is 12.0. The third kappa shape index (κ3) is 11.1. The lowest BCUT2D eigenvalue weighted by atomic mass is 9.96. The average molecular weight is 547 g/mol. The summed E-state index contributed by atoms with van der Waals surface area (Å²) in [6, 6.07) is 0. The molecule has 0 aromatic heterocycles. The van der Waals surface area contributed by atoms with E-state index in [4.69, 9.17) is 9.47 Å². The van der Waals surface area contributed by atoms with Crippen molar-refractivity contribution in [2.75, 3.05) is 51.1 Å². The van der Waals surface area contributed by atoms with Crippen molar-refractivity contribution in [1.82, 2.24) is 14.7 Å². The number of halogens is 1. The highest BCUT2D eigenvalue weighted by atomic mass is 79.9. The van der Waals surface area contributed by atoms with Crippen molar-refractivity contribution in [3.63, 3.8) is 0 Å². The predicted octanol–water partition coefficient (Wildman–Crippen LogP) is 5.76. The summed E-state index contributed by atoms with van der Waals surface area (Å²) in [6.07, 6.45) is 6.79. The zero-order valence-corrected chi connectivity index (χ0v) is 24.0. The molecule has 0 saturated carbocycles. The van der Waals surface area contributed by atoms with Crippen LogP contribution in [-0.4, -0.2) is 89.2 Å². The highest BCUT2D eigenvalue weighted by Crippen LogP contribution is 2.23. The molecule has 0 atom stereocenters. The summed E-state index contributed by atoms with van der Waals surface area (Å²) in [7, 11) is 0. The van der Waals surface area contributed by atoms with Crippen molar-refractivity contribution in [2.24, 2.45) is 11.8 Å². The fourth-order valence-corrected chi connectivity index (χ4v) is 5.20. The molecular formula is C26H48BrN3O4. The molecule has 3 aliphatic heterocycles. The van der Waals surface area contributed by atoms with Gasteiger partial charge in [-0.2, -0.15) is 0 Å². The van der Waals surface area contributed by atoms with Gasteiger partial charge in [-0.05, 0) is 105 Å². The first-order chi connectivity index (χ1) is 15.9. The van der Waals surface area contributed by atoms with Crippen molar-refractivity contribution in [3.05, 3.63) is 0 Å². The van der Waals surface area contributed by atoms with Gasteiger partial charge in [-0.15, -0.1) is 0 Å². The second-order valence-electron chi connectivity index (χ2n) is 12.0. The van der Waals surface area contributed by atoms with E-state index < -0.39 is 0 Å². The van der Waals surface area contributed by atoms with Gasteiger partial charge in [0.2, 0.25) is 0 Å². The third-order valence-corrected chi connectivity index (χ3v) is 7.38. The molecule has 3 fully saturated rings. The lowest BCUT2D eigenvalue weighted by molar-refractivity contribution is 0.0168. The fraction of sp³-hybridized carbons (Fsp3) is 0.923. The number of nitrogens with zero attached hydrogens (tertiary/aromatic N) is 3. The second-order valence-corrected chi connectivity index (χ2v) is 12.6. The molecule has 34 heavy (non-hydrogen) atoms. The van der Waals surface area contributed by atoms with Crippen molar-refractivity contribution in [2.45, 2.75) is 91.3 Å². The van der Waals surface area contributed by atoms with Gasteiger partial charge in [0.15, 0.2) is 0 Å². The Morgan fingerprint density at radius 3 is 1.44 bits per heavy atom. The Morgan fingerprint density at radius 1 is 0.706 bits per heavy atom. The van der Waals surface area contributed by atoms with Gasteiger partial charge in [-0.3, -0.25) is 0 Å². The molecule has 2 amide bonds. The van der Waals surface area contributed by atoms with E-state index in [9.17, 15) is 9.59 Å². The molecule has 3 aliphatic rings. The SMILES string of the molecule is CC(C)(C)OC(=O)N1CCC(CBr)CC1.CC(C)(C)OC(=O)N1CCC(CN2CCCC2)CC1. The van der Waals surface area contributed by atoms with Gasteiger partial charge in [0, 0.05) is 38.1 Å². The fourth-order valence-electron chi connectivity index (χ4n) is 4.55. The first kappa shape index (κ1) is 29.2. The van der Waals surface area contributed by atoms with Gasteiger partial charge in [-0.25, -0.2) is 9.59 Å². The summed E-state index contributed by atoms with van der Waals surface area (Å²) in [5, 5.41) is 1.04. The molecule has 3 heterocycles. The number of rotatable bonds is 3. The van der Waals surface area contributed by atoms with Crippen LogP contribution in [0.3, 0.4) is 0 Å². The average Bonchev–Trinajstić information content (AvgIpc) is 3.25. The molecule has 7 nitrogen and oxygen atoms in total. The molecule has 0 aliphatic carbocycles. The van der Waals surface area contributed by atoms with Crippen LogP contribution in [-0.2, 0) is 9.47 Å². The van der Waals surface area contributed by atoms with E-state index >= 15 is 0 Å². The Morgan fingerprint density at radius 2 is 1.09 bits per heavy atom. The minimum absolute atomic E-state index is 0.146. The van der Waals surface area contributed by atoms with Crippen LogP contribution >= 0.6 is 15.9 Å². The molecule has 0 bridgehead atoms. The molecule has 0 aromatic carbocycles. The number of piperidine rings is 2. The van der Waals surface area contributed by atoms with Gasteiger partial charge in [0.05, 0.1) is 0 Å². The number of hydrogen-bond acceptors (Lipinski definition) is 5. The van der Waals surface area contributed by atoms with Crippen molar-refractivity contribution < 1.29 is 19.1 Å². The van der Waals surface area contributed by atoms with Crippen LogP contribution in [0.15, 0.2) is 0 Å². The Labute approximate surface area is 216 Å². The van der Waals surface area contributed by atoms with E-state index in [2.05, 4.69) is 20.8 Å². The highest BCUT2D eigenvalue weighted by molar-refractivity contribution is 9.09. The molecule has 3 rings (SSSR count). The summed E-state index contributed by atoms with van der Waals surface area (Å²) in [4.78, 5) is 29.9. The third-order valence-electron chi connectivity index (χ3n) is 6.47. The Bertz CT molecular complexity index is 625. The van der Waals surface area contributed by atoms with Gasteiger partial charge in [0.25, 0.3) is 0 Å². The quantitative estimate of drug-likeness (QED) is 0.422. The van der Waals surface area contributed by atoms with Crippen LogP contribution in [0, 0.1) is 11.8 Å². The largest absolute Gasteiger partial charge is 0.444 e. The second kappa shape index (κ2) is 13.3. The molecular weight excluding hydrogens is 498 g/mol. The molecule has 0 N–H and O–H groups in total. The first-order valence-electron chi connectivity index (χ1n) is 13.1. The monoisotopic (exact) mass is 545 g/mol. The van der Waals surface area contributed by atoms with E-state index in [-0.39, 0.29) is 23.4 Å². The zero-order valence-electron chi connectivity index (χ0n) is 22.4. The number of hydrogen-bond donors (Lipinski definition) is 0. The van der Waals surface area contributed by atoms with E-state index in [0.717, 1.165) is 63.1 Å². The van der Waals surface area contributed by atoms with E-state index in [1.807, 2.05) is 51.3 Å². The smallest absolute Gasteiger partial charge is 0.410 e. The minimum atomic E-state index is -0.386. The maximum Gasteiger partial charge on any atom is 0.410 e. The molecule has 0 radical (unpaired) electrons. The van der Waals surface area contributed by atoms with Gasteiger partial charge in [-0.1, -0.05) is 15.9 Å². The molecule has 3 saturated heterocycles. The Balaban J connectivity index is 0.000000248. The molecule has 8 heteroatoms. The number of amides is 2. The standard InChI is InChI=1S/C15H28N2O2.C11H20BrNO2/c1-15(2,3)19-14(18)17-10-6-13(7-11-17)12-16-8-4-5-9-16;1-11(2,3)15-10(14)13-6-4-9(8-12)5-7-13/h13H,4-12H2,1-3H3;9H,4-8H2,1-3H3. The summed E-state index contributed by atoms with van der Waals surface area (Å²) in [5.74, 6) is 1.47. The van der Waals surface area contributed by atoms with Crippen LogP contribution < -0.4 is 0 Å². The van der Waals surface area contributed by atoms with E-state index in [1.165, 1.54) is 32.5 Å². The molecule has 0 aromatic rings. The van der Waals surface area contributed by atoms with E-state index in [0.29, 0.717) is 5.92 Å². The number of likely N-dealkylation sites (tertiary alicyclic amines) is 3. The van der Waals surface area contributed by atoms with Crippen molar-refractivity contribution in [3.8, 4) is 0 Å². The molecule has 0 unspecified atom stereocenters. The topological polar surface area (TPSA) is 62.3 Å². The first-order valence-corrected chi connectivity index (χ1v) is 14.2. The summed E-state index contributed by atoms with van der Waals surface area (Å²) in [5.41, 5.74) is -0.771. The van der Waals surface area contributed by atoms with Crippen LogP contribution in [0.4, 0.5) is 9.59 Å². The van der Waals surface area contributed by atoms with Gasteiger partial charge >= 0.3 is 12.2 Å². The Hall–Kier alpha value is -1.02. The Kier molecular flexibility index (Phi) is 11.5. The van der Waals surface area contributed by atoms with Crippen LogP contribution in [0.2, 0.25) is 0 Å². The minimum Gasteiger partial charge on any atom is -0.444 e. The number of alkyl halides is 1. The zero-order chi connectivity index (χ0) is 25.4. The van der Waals surface area contributed by atoms with Gasteiger partial charge in [0.1, 0.15) is 11.2 Å². The van der Waals surface area contributed by atoms with E-state index in [1.54, 1.807) is 0 Å². The number of carbonyl (C=O) groups is 2. The lowest BCUT2D eigenvalue weighted by Crippen LogP contribution is -2.43. The predicted molar refractivity (Wildman–Crippen MR) is 141 cm³/mol. The van der Waals surface area contributed by atoms with Gasteiger partial charge < -0.3 is 24.2 Å². The summed E-state index contributed by atoms with van der Waals surface area (Å²) < 4.78 is 10.7. The maximum atomic E-state index is 12.0. The van der Waals surface area contributed by atoms with Crippen LogP contribution in [0.5, 0.6) is 0 Å². The van der Waals surface area contributed by atoms with Crippen molar-refractivity contribution in [1.29, 1.82) is 0 Å². The summed E-state index contributed by atoms with van der Waals surface area (Å²) >= 11 is 3.48. The molecule has 198 valence electrons. The van der Waals surface area contributed by atoms with Crippen LogP contribution in [0.1, 0.15) is 80.1 Å². The van der Waals surface area contributed by atoms with Crippen molar-refractivity contribution >= 4 is 28.1 Å². The highest BCUT2D eigenvalue weighted by Gasteiger charge is 2.28. The normalized spacial score (nSPS) is 21.1.